The molecule has 0 unspecified atom stereocenters. The number of anilines is 1. The first-order valence-corrected chi connectivity index (χ1v) is 7.85. The summed E-state index contributed by atoms with van der Waals surface area (Å²) in [7, 11) is 1.59. The van der Waals surface area contributed by atoms with Crippen LogP contribution in [0.25, 0.3) is 0 Å². The zero-order chi connectivity index (χ0) is 16.2. The molecule has 1 aliphatic rings. The van der Waals surface area contributed by atoms with Gasteiger partial charge in [-0.2, -0.15) is 0 Å². The lowest BCUT2D eigenvalue weighted by molar-refractivity contribution is -0.116. The third kappa shape index (κ3) is 3.44. The maximum Gasteiger partial charge on any atom is 0.289 e. The van der Waals surface area contributed by atoms with Crippen molar-refractivity contribution in [1.82, 2.24) is 4.90 Å². The molecule has 3 rings (SSSR count). The number of hydrogen-bond acceptors (Lipinski definition) is 3. The predicted octanol–water partition coefficient (Wildman–Crippen LogP) is 2.87. The molecule has 5 heteroatoms. The summed E-state index contributed by atoms with van der Waals surface area (Å²) in [4.78, 5) is 25.7. The molecule has 0 radical (unpaired) electrons. The highest BCUT2D eigenvalue weighted by atomic mass is 16.3. The Morgan fingerprint density at radius 3 is 2.78 bits per heavy atom. The molecular formula is C18H20N2O3. The van der Waals surface area contributed by atoms with Crippen molar-refractivity contribution in [3.8, 4) is 0 Å². The Hall–Kier alpha value is -2.56. The van der Waals surface area contributed by atoms with Crippen molar-refractivity contribution in [2.24, 2.45) is 0 Å². The lowest BCUT2D eigenvalue weighted by atomic mass is 9.90. The first-order valence-electron chi connectivity index (χ1n) is 7.85. The van der Waals surface area contributed by atoms with E-state index in [2.05, 4.69) is 11.4 Å². The fourth-order valence-electron chi connectivity index (χ4n) is 2.96. The van der Waals surface area contributed by atoms with Crippen LogP contribution in [-0.2, 0) is 17.6 Å². The van der Waals surface area contributed by atoms with Gasteiger partial charge in [0.25, 0.3) is 5.91 Å². The van der Waals surface area contributed by atoms with Gasteiger partial charge in [0.15, 0.2) is 5.76 Å². The molecule has 0 fully saturated rings. The first kappa shape index (κ1) is 15.3. The van der Waals surface area contributed by atoms with Gasteiger partial charge in [-0.15, -0.1) is 0 Å². The van der Waals surface area contributed by atoms with Gasteiger partial charge in [0.2, 0.25) is 5.91 Å². The van der Waals surface area contributed by atoms with Crippen molar-refractivity contribution >= 4 is 17.5 Å². The molecule has 0 spiro atoms. The molecule has 1 aliphatic carbocycles. The van der Waals surface area contributed by atoms with Crippen LogP contribution >= 0.6 is 0 Å². The van der Waals surface area contributed by atoms with Crippen LogP contribution in [0.5, 0.6) is 0 Å². The molecular weight excluding hydrogens is 292 g/mol. The topological polar surface area (TPSA) is 62.6 Å². The maximum atomic E-state index is 12.2. The number of aryl methyl sites for hydroxylation is 1. The fraction of sp³-hybridized carbons (Fsp3) is 0.333. The first-order chi connectivity index (χ1) is 11.1. The van der Waals surface area contributed by atoms with E-state index in [1.54, 1.807) is 19.2 Å². The monoisotopic (exact) mass is 312 g/mol. The van der Waals surface area contributed by atoms with Crippen LogP contribution in [0.1, 0.15) is 34.5 Å². The van der Waals surface area contributed by atoms with Gasteiger partial charge >= 0.3 is 0 Å². The van der Waals surface area contributed by atoms with Gasteiger partial charge in [0.05, 0.1) is 12.8 Å². The summed E-state index contributed by atoms with van der Waals surface area (Å²) in [6.45, 7) is -0.0107. The van der Waals surface area contributed by atoms with Gasteiger partial charge in [-0.05, 0) is 55.0 Å². The Bertz CT molecular complexity index is 707. The van der Waals surface area contributed by atoms with Gasteiger partial charge in [-0.3, -0.25) is 9.59 Å². The second-order valence-corrected chi connectivity index (χ2v) is 5.84. The number of rotatable bonds is 4. The minimum absolute atomic E-state index is 0.0107. The molecule has 0 aliphatic heterocycles. The van der Waals surface area contributed by atoms with Crippen molar-refractivity contribution in [2.75, 3.05) is 18.9 Å². The Morgan fingerprint density at radius 2 is 2.00 bits per heavy atom. The third-order valence-corrected chi connectivity index (χ3v) is 4.13. The van der Waals surface area contributed by atoms with Crippen molar-refractivity contribution < 1.29 is 14.0 Å². The molecule has 2 aromatic rings. The minimum atomic E-state index is -0.305. The van der Waals surface area contributed by atoms with Crippen molar-refractivity contribution in [3.63, 3.8) is 0 Å². The standard InChI is InChI=1S/C18H20N2O3/c1-20(18(22)16-10-5-11-23-16)12-17(21)19-15-9-4-7-13-6-2-3-8-14(13)15/h4-5,7,9-11H,2-3,6,8,12H2,1H3,(H,19,21). The number of benzene rings is 1. The van der Waals surface area contributed by atoms with Crippen LogP contribution < -0.4 is 5.32 Å². The van der Waals surface area contributed by atoms with E-state index in [0.29, 0.717) is 0 Å². The number of carbonyl (C=O) groups is 2. The van der Waals surface area contributed by atoms with Crippen LogP contribution in [0.4, 0.5) is 5.69 Å². The predicted molar refractivity (Wildman–Crippen MR) is 87.4 cm³/mol. The van der Waals surface area contributed by atoms with E-state index < -0.39 is 0 Å². The number of likely N-dealkylation sites (N-methyl/N-ethyl adjacent to an activating group) is 1. The number of carbonyl (C=O) groups excluding carboxylic acids is 2. The molecule has 120 valence electrons. The van der Waals surface area contributed by atoms with Gasteiger partial charge < -0.3 is 14.6 Å². The van der Waals surface area contributed by atoms with Crippen LogP contribution in [0.15, 0.2) is 41.0 Å². The Balaban J connectivity index is 1.65. The zero-order valence-electron chi connectivity index (χ0n) is 13.2. The van der Waals surface area contributed by atoms with Crippen LogP contribution in [-0.4, -0.2) is 30.3 Å². The Morgan fingerprint density at radius 1 is 1.17 bits per heavy atom. The molecule has 1 aromatic heterocycles. The summed E-state index contributed by atoms with van der Waals surface area (Å²) >= 11 is 0. The summed E-state index contributed by atoms with van der Waals surface area (Å²) in [5.41, 5.74) is 3.41. The highest BCUT2D eigenvalue weighted by Crippen LogP contribution is 2.27. The number of amides is 2. The van der Waals surface area contributed by atoms with Crippen LogP contribution in [0.2, 0.25) is 0 Å². The molecule has 1 aromatic carbocycles. The highest BCUT2D eigenvalue weighted by molar-refractivity contribution is 5.98. The molecule has 23 heavy (non-hydrogen) atoms. The molecule has 0 saturated heterocycles. The average Bonchev–Trinajstić information content (AvgIpc) is 3.08. The summed E-state index contributed by atoms with van der Waals surface area (Å²) in [6.07, 6.45) is 5.85. The van der Waals surface area contributed by atoms with E-state index in [4.69, 9.17) is 4.42 Å². The minimum Gasteiger partial charge on any atom is -0.459 e. The van der Waals surface area contributed by atoms with Crippen molar-refractivity contribution in [3.05, 3.63) is 53.5 Å². The fourth-order valence-corrected chi connectivity index (χ4v) is 2.96. The van der Waals surface area contributed by atoms with E-state index in [9.17, 15) is 9.59 Å². The molecule has 0 atom stereocenters. The zero-order valence-corrected chi connectivity index (χ0v) is 13.2. The lowest BCUT2D eigenvalue weighted by Gasteiger charge is -2.21. The molecule has 0 bridgehead atoms. The molecule has 2 amide bonds. The molecule has 5 nitrogen and oxygen atoms in total. The highest BCUT2D eigenvalue weighted by Gasteiger charge is 2.19. The molecule has 1 N–H and O–H groups in total. The molecule has 0 saturated carbocycles. The summed E-state index contributed by atoms with van der Waals surface area (Å²) in [5.74, 6) is -0.274. The number of hydrogen-bond donors (Lipinski definition) is 1. The van der Waals surface area contributed by atoms with Gasteiger partial charge in [0, 0.05) is 12.7 Å². The second kappa shape index (κ2) is 6.69. The third-order valence-electron chi connectivity index (χ3n) is 4.13. The molecule has 1 heterocycles. The van der Waals surface area contributed by atoms with E-state index in [0.717, 1.165) is 24.9 Å². The number of nitrogens with one attached hydrogen (secondary N) is 1. The van der Waals surface area contributed by atoms with Gasteiger partial charge in [-0.1, -0.05) is 12.1 Å². The number of fused-ring (bicyclic) bond motifs is 1. The summed E-state index contributed by atoms with van der Waals surface area (Å²) in [5, 5.41) is 2.94. The van der Waals surface area contributed by atoms with E-state index >= 15 is 0 Å². The van der Waals surface area contributed by atoms with Gasteiger partial charge in [0.1, 0.15) is 0 Å². The van der Waals surface area contributed by atoms with Gasteiger partial charge in [-0.25, -0.2) is 0 Å². The Kier molecular flexibility index (Phi) is 4.46. The Labute approximate surface area is 135 Å². The van der Waals surface area contributed by atoms with Crippen molar-refractivity contribution in [2.45, 2.75) is 25.7 Å². The summed E-state index contributed by atoms with van der Waals surface area (Å²) < 4.78 is 5.07. The van der Waals surface area contributed by atoms with Crippen LogP contribution in [0.3, 0.4) is 0 Å². The van der Waals surface area contributed by atoms with E-state index in [-0.39, 0.29) is 24.1 Å². The average molecular weight is 312 g/mol. The number of furan rings is 1. The van der Waals surface area contributed by atoms with Crippen molar-refractivity contribution in [1.29, 1.82) is 0 Å². The second-order valence-electron chi connectivity index (χ2n) is 5.84. The lowest BCUT2D eigenvalue weighted by Crippen LogP contribution is -2.35. The van der Waals surface area contributed by atoms with E-state index in [1.807, 2.05) is 12.1 Å². The number of nitrogens with zero attached hydrogens (tertiary/aromatic N) is 1. The van der Waals surface area contributed by atoms with Crippen LogP contribution in [0, 0.1) is 0 Å². The summed E-state index contributed by atoms with van der Waals surface area (Å²) in [6, 6.07) is 9.26. The maximum absolute atomic E-state index is 12.2. The smallest absolute Gasteiger partial charge is 0.289 e. The van der Waals surface area contributed by atoms with E-state index in [1.165, 1.54) is 28.7 Å². The SMILES string of the molecule is CN(CC(=O)Nc1cccc2c1CCCC2)C(=O)c1ccco1. The quantitative estimate of drug-likeness (QED) is 0.944. The largest absolute Gasteiger partial charge is 0.459 e. The normalized spacial score (nSPS) is 13.3.